The lowest BCUT2D eigenvalue weighted by Crippen LogP contribution is -2.39. The molecule has 1 heterocycles. The van der Waals surface area contributed by atoms with E-state index >= 15 is 0 Å². The van der Waals surface area contributed by atoms with Crippen LogP contribution in [0.15, 0.2) is 54.6 Å². The molecule has 0 aliphatic carbocycles. The van der Waals surface area contributed by atoms with Crippen molar-refractivity contribution in [2.75, 3.05) is 13.2 Å². The third-order valence-electron chi connectivity index (χ3n) is 3.35. The van der Waals surface area contributed by atoms with Gasteiger partial charge in [-0.05, 0) is 23.8 Å². The van der Waals surface area contributed by atoms with Crippen molar-refractivity contribution in [2.24, 2.45) is 0 Å². The highest BCUT2D eigenvalue weighted by Crippen LogP contribution is 2.27. The Morgan fingerprint density at radius 1 is 1.14 bits per heavy atom. The molecule has 1 N–H and O–H groups in total. The second-order valence-corrected chi connectivity index (χ2v) is 4.87. The fourth-order valence-electron chi connectivity index (χ4n) is 2.30. The standard InChI is InChI=1S/C17H17NO3/c19-17(16-12-13-6-4-5-9-15(13)21-16)18-10-11-20-14-7-2-1-3-8-14/h1-9,16H,10-12H2,(H,18,19). The Morgan fingerprint density at radius 2 is 1.90 bits per heavy atom. The van der Waals surface area contributed by atoms with Crippen LogP contribution in [0.4, 0.5) is 0 Å². The molecule has 0 bridgehead atoms. The first kappa shape index (κ1) is 13.5. The Morgan fingerprint density at radius 3 is 2.71 bits per heavy atom. The number of amides is 1. The first-order valence-corrected chi connectivity index (χ1v) is 7.03. The Labute approximate surface area is 123 Å². The summed E-state index contributed by atoms with van der Waals surface area (Å²) < 4.78 is 11.2. The Bertz CT molecular complexity index is 587. The molecule has 0 radical (unpaired) electrons. The molecule has 0 spiro atoms. The molecule has 0 aromatic heterocycles. The van der Waals surface area contributed by atoms with Crippen molar-refractivity contribution in [1.29, 1.82) is 0 Å². The highest BCUT2D eigenvalue weighted by Gasteiger charge is 2.28. The first-order chi connectivity index (χ1) is 10.3. The molecule has 0 saturated heterocycles. The Kier molecular flexibility index (Phi) is 4.05. The van der Waals surface area contributed by atoms with Crippen LogP contribution in [0.3, 0.4) is 0 Å². The third kappa shape index (κ3) is 3.34. The van der Waals surface area contributed by atoms with E-state index in [1.165, 1.54) is 0 Å². The molecular weight excluding hydrogens is 266 g/mol. The average Bonchev–Trinajstić information content (AvgIpc) is 2.96. The predicted octanol–water partition coefficient (Wildman–Crippen LogP) is 2.19. The van der Waals surface area contributed by atoms with Crippen LogP contribution in [0.25, 0.3) is 0 Å². The van der Waals surface area contributed by atoms with Crippen molar-refractivity contribution < 1.29 is 14.3 Å². The van der Waals surface area contributed by atoms with Crippen molar-refractivity contribution in [3.8, 4) is 11.5 Å². The monoisotopic (exact) mass is 283 g/mol. The van der Waals surface area contributed by atoms with Gasteiger partial charge in [0.05, 0.1) is 6.54 Å². The molecule has 2 aromatic rings. The summed E-state index contributed by atoms with van der Waals surface area (Å²) >= 11 is 0. The van der Waals surface area contributed by atoms with E-state index in [9.17, 15) is 4.79 Å². The van der Waals surface area contributed by atoms with Gasteiger partial charge in [-0.1, -0.05) is 36.4 Å². The van der Waals surface area contributed by atoms with Crippen LogP contribution >= 0.6 is 0 Å². The summed E-state index contributed by atoms with van der Waals surface area (Å²) in [5.41, 5.74) is 1.08. The lowest BCUT2D eigenvalue weighted by atomic mass is 10.1. The fraction of sp³-hybridized carbons (Fsp3) is 0.235. The molecule has 1 atom stereocenters. The van der Waals surface area contributed by atoms with Crippen LogP contribution in [0, 0.1) is 0 Å². The molecule has 2 aromatic carbocycles. The zero-order valence-corrected chi connectivity index (χ0v) is 11.6. The van der Waals surface area contributed by atoms with Crippen molar-refractivity contribution in [2.45, 2.75) is 12.5 Å². The molecule has 1 aliphatic rings. The van der Waals surface area contributed by atoms with Crippen LogP contribution < -0.4 is 14.8 Å². The quantitative estimate of drug-likeness (QED) is 0.856. The van der Waals surface area contributed by atoms with Gasteiger partial charge in [0.1, 0.15) is 18.1 Å². The highest BCUT2D eigenvalue weighted by atomic mass is 16.5. The van der Waals surface area contributed by atoms with Gasteiger partial charge in [-0.15, -0.1) is 0 Å². The summed E-state index contributed by atoms with van der Waals surface area (Å²) in [6, 6.07) is 17.3. The van der Waals surface area contributed by atoms with Crippen LogP contribution in [-0.2, 0) is 11.2 Å². The minimum Gasteiger partial charge on any atom is -0.492 e. The molecule has 0 fully saturated rings. The predicted molar refractivity (Wildman–Crippen MR) is 79.5 cm³/mol. The maximum absolute atomic E-state index is 12.0. The zero-order chi connectivity index (χ0) is 14.5. The van der Waals surface area contributed by atoms with Gasteiger partial charge in [-0.25, -0.2) is 0 Å². The van der Waals surface area contributed by atoms with Gasteiger partial charge in [0, 0.05) is 6.42 Å². The van der Waals surface area contributed by atoms with E-state index in [-0.39, 0.29) is 5.91 Å². The smallest absolute Gasteiger partial charge is 0.261 e. The minimum absolute atomic E-state index is 0.0946. The third-order valence-corrected chi connectivity index (χ3v) is 3.35. The van der Waals surface area contributed by atoms with Gasteiger partial charge in [0.25, 0.3) is 5.91 Å². The molecular formula is C17H17NO3. The number of carbonyl (C=O) groups is 1. The van der Waals surface area contributed by atoms with Gasteiger partial charge < -0.3 is 14.8 Å². The number of hydrogen-bond acceptors (Lipinski definition) is 3. The molecule has 4 heteroatoms. The fourth-order valence-corrected chi connectivity index (χ4v) is 2.30. The first-order valence-electron chi connectivity index (χ1n) is 7.03. The summed E-state index contributed by atoms with van der Waals surface area (Å²) in [5.74, 6) is 1.51. The molecule has 3 rings (SSSR count). The maximum Gasteiger partial charge on any atom is 0.261 e. The number of nitrogens with one attached hydrogen (secondary N) is 1. The average molecular weight is 283 g/mol. The summed E-state index contributed by atoms with van der Waals surface area (Å²) in [6.07, 6.45) is 0.195. The van der Waals surface area contributed by atoms with Crippen molar-refractivity contribution in [3.05, 3.63) is 60.2 Å². The lowest BCUT2D eigenvalue weighted by molar-refractivity contribution is -0.127. The largest absolute Gasteiger partial charge is 0.492 e. The second-order valence-electron chi connectivity index (χ2n) is 4.87. The minimum atomic E-state index is -0.431. The SMILES string of the molecule is O=C(NCCOc1ccccc1)C1Cc2ccccc2O1. The van der Waals surface area contributed by atoms with E-state index in [2.05, 4.69) is 5.32 Å². The zero-order valence-electron chi connectivity index (χ0n) is 11.6. The van der Waals surface area contributed by atoms with Crippen LogP contribution in [0.1, 0.15) is 5.56 Å². The van der Waals surface area contributed by atoms with Crippen LogP contribution in [-0.4, -0.2) is 25.2 Å². The van der Waals surface area contributed by atoms with E-state index in [0.717, 1.165) is 17.1 Å². The van der Waals surface area contributed by atoms with E-state index in [1.807, 2.05) is 54.6 Å². The molecule has 1 unspecified atom stereocenters. The van der Waals surface area contributed by atoms with Crippen molar-refractivity contribution in [1.82, 2.24) is 5.32 Å². The molecule has 1 aliphatic heterocycles. The van der Waals surface area contributed by atoms with Gasteiger partial charge in [0.15, 0.2) is 6.10 Å². The van der Waals surface area contributed by atoms with E-state index in [1.54, 1.807) is 0 Å². The number of carbonyl (C=O) groups excluding carboxylic acids is 1. The highest BCUT2D eigenvalue weighted by molar-refractivity contribution is 5.82. The van der Waals surface area contributed by atoms with E-state index in [4.69, 9.17) is 9.47 Å². The van der Waals surface area contributed by atoms with Crippen LogP contribution in [0.2, 0.25) is 0 Å². The number of benzene rings is 2. The Balaban J connectivity index is 1.42. The van der Waals surface area contributed by atoms with Crippen LogP contribution in [0.5, 0.6) is 11.5 Å². The number of hydrogen-bond donors (Lipinski definition) is 1. The number of para-hydroxylation sites is 2. The maximum atomic E-state index is 12.0. The van der Waals surface area contributed by atoms with Crippen molar-refractivity contribution in [3.63, 3.8) is 0 Å². The van der Waals surface area contributed by atoms with Gasteiger partial charge in [-0.3, -0.25) is 4.79 Å². The molecule has 108 valence electrons. The molecule has 1 amide bonds. The number of ether oxygens (including phenoxy) is 2. The summed E-state index contributed by atoms with van der Waals surface area (Å²) in [7, 11) is 0. The van der Waals surface area contributed by atoms with Gasteiger partial charge in [-0.2, -0.15) is 0 Å². The van der Waals surface area contributed by atoms with E-state index in [0.29, 0.717) is 19.6 Å². The molecule has 0 saturated carbocycles. The van der Waals surface area contributed by atoms with Gasteiger partial charge in [0.2, 0.25) is 0 Å². The summed E-state index contributed by atoms with van der Waals surface area (Å²) in [5, 5.41) is 2.84. The second kappa shape index (κ2) is 6.31. The Hall–Kier alpha value is -2.49. The van der Waals surface area contributed by atoms with E-state index < -0.39 is 6.10 Å². The normalized spacial score (nSPS) is 15.9. The summed E-state index contributed by atoms with van der Waals surface area (Å²) in [6.45, 7) is 0.902. The number of fused-ring (bicyclic) bond motifs is 1. The topological polar surface area (TPSA) is 47.6 Å². The number of rotatable bonds is 5. The summed E-state index contributed by atoms with van der Waals surface area (Å²) in [4.78, 5) is 12.0. The molecule has 21 heavy (non-hydrogen) atoms. The van der Waals surface area contributed by atoms with Gasteiger partial charge >= 0.3 is 0 Å². The van der Waals surface area contributed by atoms with Crippen molar-refractivity contribution >= 4 is 5.91 Å². The lowest BCUT2D eigenvalue weighted by Gasteiger charge is -2.12. The molecule has 4 nitrogen and oxygen atoms in total.